The highest BCUT2D eigenvalue weighted by molar-refractivity contribution is 9.09. The molecule has 66 valence electrons. The molecule has 3 heteroatoms. The van der Waals surface area contributed by atoms with Gasteiger partial charge in [0.2, 0.25) is 0 Å². The summed E-state index contributed by atoms with van der Waals surface area (Å²) in [5, 5.41) is 0.395. The van der Waals surface area contributed by atoms with Crippen LogP contribution in [0.5, 0.6) is 0 Å². The van der Waals surface area contributed by atoms with Crippen molar-refractivity contribution in [3.8, 4) is 0 Å². The fraction of sp³-hybridized carbons (Fsp3) is 0.444. The summed E-state index contributed by atoms with van der Waals surface area (Å²) in [6, 6.07) is 0. The van der Waals surface area contributed by atoms with Crippen molar-refractivity contribution in [2.75, 3.05) is 5.33 Å². The Kier molecular flexibility index (Phi) is 2.73. The Bertz CT molecular complexity index is 315. The molecule has 1 aromatic heterocycles. The number of aromatic amines is 1. The monoisotopic (exact) mass is 229 g/mol. The van der Waals surface area contributed by atoms with Crippen molar-refractivity contribution in [1.82, 2.24) is 4.98 Å². The summed E-state index contributed by atoms with van der Waals surface area (Å²) in [7, 11) is 0. The van der Waals surface area contributed by atoms with Crippen molar-refractivity contribution in [3.63, 3.8) is 0 Å². The summed E-state index contributed by atoms with van der Waals surface area (Å²) in [6.45, 7) is 5.87. The summed E-state index contributed by atoms with van der Waals surface area (Å²) >= 11 is 3.17. The number of carbonyl (C=O) groups is 1. The molecule has 1 aromatic rings. The molecule has 0 saturated heterocycles. The molecule has 1 N–H and O–H groups in total. The molecule has 0 aliphatic heterocycles. The lowest BCUT2D eigenvalue weighted by Crippen LogP contribution is -2.02. The maximum atomic E-state index is 11.4. The SMILES string of the molecule is Cc1[nH]c(C)c(C(=O)CBr)c1C. The Morgan fingerprint density at radius 1 is 1.33 bits per heavy atom. The van der Waals surface area contributed by atoms with E-state index in [1.807, 2.05) is 20.8 Å². The Hall–Kier alpha value is -0.570. The van der Waals surface area contributed by atoms with Crippen LogP contribution in [0.2, 0.25) is 0 Å². The molecule has 0 aliphatic carbocycles. The normalized spacial score (nSPS) is 10.3. The van der Waals surface area contributed by atoms with Crippen LogP contribution in [0.3, 0.4) is 0 Å². The number of rotatable bonds is 2. The third-order valence-electron chi connectivity index (χ3n) is 2.09. The maximum absolute atomic E-state index is 11.4. The second-order valence-corrected chi connectivity index (χ2v) is 3.49. The van der Waals surface area contributed by atoms with E-state index >= 15 is 0 Å². The predicted molar refractivity (Wildman–Crippen MR) is 53.1 cm³/mol. The van der Waals surface area contributed by atoms with Gasteiger partial charge >= 0.3 is 0 Å². The zero-order valence-corrected chi connectivity index (χ0v) is 9.08. The summed E-state index contributed by atoms with van der Waals surface area (Å²) in [5.41, 5.74) is 3.95. The van der Waals surface area contributed by atoms with E-state index in [0.717, 1.165) is 22.5 Å². The molecule has 2 nitrogen and oxygen atoms in total. The first kappa shape index (κ1) is 9.52. The number of hydrogen-bond donors (Lipinski definition) is 1. The second-order valence-electron chi connectivity index (χ2n) is 2.93. The number of carbonyl (C=O) groups excluding carboxylic acids is 1. The van der Waals surface area contributed by atoms with E-state index in [-0.39, 0.29) is 5.78 Å². The lowest BCUT2D eigenvalue weighted by atomic mass is 10.1. The molecule has 0 radical (unpaired) electrons. The first-order valence-electron chi connectivity index (χ1n) is 3.82. The molecular weight excluding hydrogens is 218 g/mol. The topological polar surface area (TPSA) is 32.9 Å². The van der Waals surface area contributed by atoms with Crippen molar-refractivity contribution in [2.45, 2.75) is 20.8 Å². The molecule has 0 atom stereocenters. The molecular formula is C9H12BrNO. The molecule has 12 heavy (non-hydrogen) atoms. The van der Waals surface area contributed by atoms with Crippen LogP contribution in [0, 0.1) is 20.8 Å². The van der Waals surface area contributed by atoms with E-state index in [1.165, 1.54) is 0 Å². The Balaban J connectivity index is 3.22. The molecule has 1 rings (SSSR count). The highest BCUT2D eigenvalue weighted by atomic mass is 79.9. The Morgan fingerprint density at radius 3 is 2.25 bits per heavy atom. The zero-order valence-electron chi connectivity index (χ0n) is 7.49. The van der Waals surface area contributed by atoms with E-state index in [2.05, 4.69) is 20.9 Å². The molecule has 0 fully saturated rings. The number of ketones is 1. The average molecular weight is 230 g/mol. The average Bonchev–Trinajstić information content (AvgIpc) is 2.26. The van der Waals surface area contributed by atoms with Crippen LogP contribution in [0.15, 0.2) is 0 Å². The molecule has 0 amide bonds. The molecule has 0 unspecified atom stereocenters. The van der Waals surface area contributed by atoms with E-state index in [4.69, 9.17) is 0 Å². The minimum atomic E-state index is 0.148. The summed E-state index contributed by atoms with van der Waals surface area (Å²) in [6.07, 6.45) is 0. The molecule has 0 saturated carbocycles. The number of aromatic nitrogens is 1. The van der Waals surface area contributed by atoms with Crippen molar-refractivity contribution >= 4 is 21.7 Å². The number of halogens is 1. The smallest absolute Gasteiger partial charge is 0.175 e. The zero-order chi connectivity index (χ0) is 9.30. The van der Waals surface area contributed by atoms with E-state index in [0.29, 0.717) is 5.33 Å². The highest BCUT2D eigenvalue weighted by Crippen LogP contribution is 2.17. The van der Waals surface area contributed by atoms with E-state index in [1.54, 1.807) is 0 Å². The predicted octanol–water partition coefficient (Wildman–Crippen LogP) is 2.52. The number of hydrogen-bond acceptors (Lipinski definition) is 1. The minimum Gasteiger partial charge on any atom is -0.362 e. The van der Waals surface area contributed by atoms with E-state index < -0.39 is 0 Å². The second kappa shape index (κ2) is 3.44. The van der Waals surface area contributed by atoms with Crippen LogP contribution in [-0.2, 0) is 0 Å². The van der Waals surface area contributed by atoms with Gasteiger partial charge in [-0.2, -0.15) is 0 Å². The third-order valence-corrected chi connectivity index (χ3v) is 2.60. The van der Waals surface area contributed by atoms with Crippen LogP contribution in [0.4, 0.5) is 0 Å². The first-order chi connectivity index (χ1) is 5.57. The van der Waals surface area contributed by atoms with Gasteiger partial charge in [0.25, 0.3) is 0 Å². The largest absolute Gasteiger partial charge is 0.362 e. The van der Waals surface area contributed by atoms with Crippen LogP contribution in [-0.4, -0.2) is 16.1 Å². The third kappa shape index (κ3) is 1.46. The van der Waals surface area contributed by atoms with Crippen LogP contribution >= 0.6 is 15.9 Å². The number of aryl methyl sites for hydroxylation is 2. The minimum absolute atomic E-state index is 0.148. The van der Waals surface area contributed by atoms with Gasteiger partial charge in [0.15, 0.2) is 5.78 Å². The Morgan fingerprint density at radius 2 is 1.92 bits per heavy atom. The quantitative estimate of drug-likeness (QED) is 0.614. The number of nitrogens with one attached hydrogen (secondary N) is 1. The molecule has 0 bridgehead atoms. The summed E-state index contributed by atoms with van der Waals surface area (Å²) < 4.78 is 0. The lowest BCUT2D eigenvalue weighted by molar-refractivity contribution is 0.102. The Labute approximate surface area is 80.5 Å². The lowest BCUT2D eigenvalue weighted by Gasteiger charge is -1.96. The van der Waals surface area contributed by atoms with Gasteiger partial charge in [-0.15, -0.1) is 0 Å². The van der Waals surface area contributed by atoms with Crippen molar-refractivity contribution in [3.05, 3.63) is 22.5 Å². The number of H-pyrrole nitrogens is 1. The standard InChI is InChI=1S/C9H12BrNO/c1-5-6(2)11-7(3)9(5)8(12)4-10/h11H,4H2,1-3H3. The van der Waals surface area contributed by atoms with Gasteiger partial charge in [0, 0.05) is 17.0 Å². The number of alkyl halides is 1. The molecule has 0 aliphatic rings. The molecule has 0 aromatic carbocycles. The molecule has 1 heterocycles. The van der Waals surface area contributed by atoms with Gasteiger partial charge in [-0.1, -0.05) is 15.9 Å². The highest BCUT2D eigenvalue weighted by Gasteiger charge is 2.14. The fourth-order valence-corrected chi connectivity index (χ4v) is 1.67. The van der Waals surface area contributed by atoms with Crippen molar-refractivity contribution in [2.24, 2.45) is 0 Å². The van der Waals surface area contributed by atoms with Crippen molar-refractivity contribution in [1.29, 1.82) is 0 Å². The molecule has 0 spiro atoms. The van der Waals surface area contributed by atoms with Crippen LogP contribution < -0.4 is 0 Å². The van der Waals surface area contributed by atoms with Gasteiger partial charge < -0.3 is 4.98 Å². The number of Topliss-reactive ketones (excluding diaryl/α,β-unsaturated/α-hetero) is 1. The summed E-state index contributed by atoms with van der Waals surface area (Å²) in [5.74, 6) is 0.148. The van der Waals surface area contributed by atoms with Gasteiger partial charge in [0.1, 0.15) is 0 Å². The maximum Gasteiger partial charge on any atom is 0.175 e. The van der Waals surface area contributed by atoms with Crippen LogP contribution in [0.25, 0.3) is 0 Å². The fourth-order valence-electron chi connectivity index (χ4n) is 1.39. The van der Waals surface area contributed by atoms with Gasteiger partial charge in [-0.25, -0.2) is 0 Å². The van der Waals surface area contributed by atoms with Crippen molar-refractivity contribution < 1.29 is 4.79 Å². The summed E-state index contributed by atoms with van der Waals surface area (Å²) in [4.78, 5) is 14.6. The van der Waals surface area contributed by atoms with Crippen LogP contribution in [0.1, 0.15) is 27.3 Å². The van der Waals surface area contributed by atoms with Gasteiger partial charge in [-0.05, 0) is 26.3 Å². The van der Waals surface area contributed by atoms with Gasteiger partial charge in [-0.3, -0.25) is 4.79 Å². The van der Waals surface area contributed by atoms with Gasteiger partial charge in [0.05, 0.1) is 5.33 Å². The van der Waals surface area contributed by atoms with E-state index in [9.17, 15) is 4.79 Å². The first-order valence-corrected chi connectivity index (χ1v) is 4.95.